The van der Waals surface area contributed by atoms with E-state index >= 15 is 0 Å². The van der Waals surface area contributed by atoms with E-state index in [4.69, 9.17) is 4.74 Å². The van der Waals surface area contributed by atoms with E-state index in [9.17, 15) is 0 Å². The molecule has 0 aliphatic carbocycles. The van der Waals surface area contributed by atoms with Crippen molar-refractivity contribution in [3.63, 3.8) is 0 Å². The maximum absolute atomic E-state index is 6.14. The third-order valence-electron chi connectivity index (χ3n) is 4.14. The number of rotatable bonds is 6. The van der Waals surface area contributed by atoms with Gasteiger partial charge in [-0.1, -0.05) is 60.7 Å². The van der Waals surface area contributed by atoms with E-state index in [1.165, 1.54) is 16.8 Å². The Kier molecular flexibility index (Phi) is 5.17. The monoisotopic (exact) mass is 317 g/mol. The minimum absolute atomic E-state index is 0.0278. The fourth-order valence-corrected chi connectivity index (χ4v) is 2.89. The first kappa shape index (κ1) is 16.1. The molecule has 0 fully saturated rings. The maximum atomic E-state index is 6.14. The summed E-state index contributed by atoms with van der Waals surface area (Å²) >= 11 is 0. The van der Waals surface area contributed by atoms with Crippen LogP contribution in [-0.4, -0.2) is 12.8 Å². The molecule has 3 aromatic rings. The molecule has 0 aliphatic heterocycles. The minimum atomic E-state index is -0.0278. The zero-order chi connectivity index (χ0) is 16.8. The zero-order valence-corrected chi connectivity index (χ0v) is 14.2. The highest BCUT2D eigenvalue weighted by atomic mass is 16.5. The number of nitrogens with zero attached hydrogens (tertiary/aromatic N) is 1. The van der Waals surface area contributed by atoms with E-state index in [0.717, 1.165) is 12.3 Å². The lowest BCUT2D eigenvalue weighted by Crippen LogP contribution is -2.37. The summed E-state index contributed by atoms with van der Waals surface area (Å²) in [5, 5.41) is 0. The van der Waals surface area contributed by atoms with Gasteiger partial charge in [-0.25, -0.2) is 0 Å². The molecule has 2 heteroatoms. The van der Waals surface area contributed by atoms with E-state index in [1.54, 1.807) is 0 Å². The van der Waals surface area contributed by atoms with Crippen LogP contribution in [0.5, 0.6) is 5.75 Å². The maximum Gasteiger partial charge on any atom is 0.169 e. The van der Waals surface area contributed by atoms with Gasteiger partial charge in [0.2, 0.25) is 0 Å². The molecular formula is C22H23NO. The van der Waals surface area contributed by atoms with Crippen molar-refractivity contribution >= 4 is 5.69 Å². The summed E-state index contributed by atoms with van der Waals surface area (Å²) in [7, 11) is 0. The van der Waals surface area contributed by atoms with Crippen LogP contribution in [0.3, 0.4) is 0 Å². The molecule has 3 rings (SSSR count). The number of ether oxygens (including phenoxy) is 1. The summed E-state index contributed by atoms with van der Waals surface area (Å²) in [6, 6.07) is 29.0. The average molecular weight is 317 g/mol. The molecule has 3 aromatic carbocycles. The first-order chi connectivity index (χ1) is 11.8. The van der Waals surface area contributed by atoms with Gasteiger partial charge in [0, 0.05) is 12.2 Å². The summed E-state index contributed by atoms with van der Waals surface area (Å²) in [6.07, 6.45) is -0.0278. The number of anilines is 1. The Labute approximate surface area is 144 Å². The van der Waals surface area contributed by atoms with Gasteiger partial charge in [0.1, 0.15) is 5.75 Å². The van der Waals surface area contributed by atoms with Crippen molar-refractivity contribution in [1.29, 1.82) is 0 Å². The second-order valence-corrected chi connectivity index (χ2v) is 5.73. The predicted octanol–water partition coefficient (Wildman–Crippen LogP) is 5.60. The summed E-state index contributed by atoms with van der Waals surface area (Å²) < 4.78 is 6.14. The molecule has 0 saturated carbocycles. The second kappa shape index (κ2) is 7.69. The van der Waals surface area contributed by atoms with Gasteiger partial charge in [-0.15, -0.1) is 0 Å². The van der Waals surface area contributed by atoms with Crippen molar-refractivity contribution in [2.24, 2.45) is 0 Å². The molecular weight excluding hydrogens is 294 g/mol. The molecule has 1 atom stereocenters. The minimum Gasteiger partial charge on any atom is -0.471 e. The van der Waals surface area contributed by atoms with Gasteiger partial charge in [-0.05, 0) is 49.2 Å². The largest absolute Gasteiger partial charge is 0.471 e. The number of hydrogen-bond donors (Lipinski definition) is 0. The molecule has 0 aliphatic rings. The van der Waals surface area contributed by atoms with Gasteiger partial charge in [-0.3, -0.25) is 0 Å². The van der Waals surface area contributed by atoms with Crippen molar-refractivity contribution < 1.29 is 4.74 Å². The molecule has 122 valence electrons. The molecule has 0 radical (unpaired) electrons. The normalized spacial score (nSPS) is 11.8. The van der Waals surface area contributed by atoms with Crippen LogP contribution in [0.25, 0.3) is 11.1 Å². The fourth-order valence-electron chi connectivity index (χ4n) is 2.89. The highest BCUT2D eigenvalue weighted by Gasteiger charge is 2.14. The topological polar surface area (TPSA) is 12.5 Å². The molecule has 0 spiro atoms. The quantitative estimate of drug-likeness (QED) is 0.548. The van der Waals surface area contributed by atoms with E-state index in [-0.39, 0.29) is 6.23 Å². The van der Waals surface area contributed by atoms with Crippen LogP contribution >= 0.6 is 0 Å². The van der Waals surface area contributed by atoms with Gasteiger partial charge in [0.15, 0.2) is 6.23 Å². The van der Waals surface area contributed by atoms with Gasteiger partial charge < -0.3 is 9.64 Å². The smallest absolute Gasteiger partial charge is 0.169 e. The predicted molar refractivity (Wildman–Crippen MR) is 101 cm³/mol. The van der Waals surface area contributed by atoms with Crippen molar-refractivity contribution in [2.45, 2.75) is 20.1 Å². The molecule has 0 bridgehead atoms. The van der Waals surface area contributed by atoms with Crippen molar-refractivity contribution in [1.82, 2.24) is 0 Å². The number of para-hydroxylation sites is 1. The van der Waals surface area contributed by atoms with Gasteiger partial charge in [0.25, 0.3) is 0 Å². The van der Waals surface area contributed by atoms with E-state index < -0.39 is 0 Å². The highest BCUT2D eigenvalue weighted by Crippen LogP contribution is 2.24. The van der Waals surface area contributed by atoms with Crippen molar-refractivity contribution in [3.05, 3.63) is 84.9 Å². The zero-order valence-electron chi connectivity index (χ0n) is 14.2. The second-order valence-electron chi connectivity index (χ2n) is 5.73. The number of hydrogen-bond acceptors (Lipinski definition) is 2. The molecule has 0 N–H and O–H groups in total. The van der Waals surface area contributed by atoms with Gasteiger partial charge in [0.05, 0.1) is 0 Å². The van der Waals surface area contributed by atoms with Crippen LogP contribution in [0.15, 0.2) is 84.9 Å². The first-order valence-electron chi connectivity index (χ1n) is 8.42. The van der Waals surface area contributed by atoms with E-state index in [1.807, 2.05) is 24.3 Å². The molecule has 0 amide bonds. The molecule has 0 aromatic heterocycles. The highest BCUT2D eigenvalue weighted by molar-refractivity contribution is 5.63. The molecule has 1 unspecified atom stereocenters. The van der Waals surface area contributed by atoms with Gasteiger partial charge in [-0.2, -0.15) is 0 Å². The van der Waals surface area contributed by atoms with E-state index in [0.29, 0.717) is 0 Å². The lowest BCUT2D eigenvalue weighted by atomic mass is 10.1. The van der Waals surface area contributed by atoms with Crippen LogP contribution in [-0.2, 0) is 0 Å². The SMILES string of the molecule is CCN(c1ccccc1)C(C)Oc1ccc(-c2ccccc2)cc1. The molecule has 24 heavy (non-hydrogen) atoms. The first-order valence-corrected chi connectivity index (χ1v) is 8.42. The molecule has 0 saturated heterocycles. The van der Waals surface area contributed by atoms with Crippen molar-refractivity contribution in [3.8, 4) is 16.9 Å². The Morgan fingerprint density at radius 2 is 1.29 bits per heavy atom. The molecule has 2 nitrogen and oxygen atoms in total. The summed E-state index contributed by atoms with van der Waals surface area (Å²) in [5.41, 5.74) is 3.59. The Morgan fingerprint density at radius 1 is 0.750 bits per heavy atom. The number of benzene rings is 3. The van der Waals surface area contributed by atoms with Crippen LogP contribution in [0.1, 0.15) is 13.8 Å². The lowest BCUT2D eigenvalue weighted by Gasteiger charge is -2.30. The van der Waals surface area contributed by atoms with Crippen LogP contribution < -0.4 is 9.64 Å². The Balaban J connectivity index is 1.71. The third-order valence-corrected chi connectivity index (χ3v) is 4.14. The Morgan fingerprint density at radius 3 is 1.88 bits per heavy atom. The average Bonchev–Trinajstić information content (AvgIpc) is 2.64. The summed E-state index contributed by atoms with van der Waals surface area (Å²) in [6.45, 7) is 5.13. The van der Waals surface area contributed by atoms with E-state index in [2.05, 4.69) is 79.4 Å². The van der Waals surface area contributed by atoms with Crippen LogP contribution in [0.2, 0.25) is 0 Å². The Bertz CT molecular complexity index is 738. The van der Waals surface area contributed by atoms with Crippen LogP contribution in [0.4, 0.5) is 5.69 Å². The third kappa shape index (κ3) is 3.77. The lowest BCUT2D eigenvalue weighted by molar-refractivity contribution is 0.216. The van der Waals surface area contributed by atoms with Crippen LogP contribution in [0, 0.1) is 0 Å². The summed E-state index contributed by atoms with van der Waals surface area (Å²) in [4.78, 5) is 2.24. The molecule has 0 heterocycles. The Hall–Kier alpha value is -2.74. The standard InChI is InChI=1S/C22H23NO/c1-3-23(21-12-8-5-9-13-21)18(2)24-22-16-14-20(15-17-22)19-10-6-4-7-11-19/h4-18H,3H2,1-2H3. The summed E-state index contributed by atoms with van der Waals surface area (Å²) in [5.74, 6) is 0.886. The fraction of sp³-hybridized carbons (Fsp3) is 0.182. The van der Waals surface area contributed by atoms with Crippen molar-refractivity contribution in [2.75, 3.05) is 11.4 Å². The van der Waals surface area contributed by atoms with Gasteiger partial charge >= 0.3 is 0 Å².